The van der Waals surface area contributed by atoms with Crippen LogP contribution in [0.25, 0.3) is 0 Å². The first-order valence-corrected chi connectivity index (χ1v) is 8.60. The fourth-order valence-electron chi connectivity index (χ4n) is 4.07. The van der Waals surface area contributed by atoms with Crippen LogP contribution in [0.5, 0.6) is 0 Å². The molecule has 1 saturated carbocycles. The predicted octanol–water partition coefficient (Wildman–Crippen LogP) is 0.872. The van der Waals surface area contributed by atoms with Gasteiger partial charge in [0.1, 0.15) is 11.6 Å². The highest BCUT2D eigenvalue weighted by Crippen LogP contribution is 2.36. The molecule has 3 aliphatic rings. The number of imide groups is 1. The number of rotatable bonds is 3. The Morgan fingerprint density at radius 2 is 1.83 bits per heavy atom. The molecule has 4 amide bonds. The van der Waals surface area contributed by atoms with E-state index in [9.17, 15) is 14.4 Å². The first-order chi connectivity index (χ1) is 11.0. The van der Waals surface area contributed by atoms with Gasteiger partial charge in [-0.3, -0.25) is 9.59 Å². The first kappa shape index (κ1) is 19.0. The third-order valence-electron chi connectivity index (χ3n) is 5.61. The Balaban J connectivity index is 0.00000208. The van der Waals surface area contributed by atoms with Crippen LogP contribution in [0.4, 0.5) is 4.79 Å². The minimum Gasteiger partial charge on any atom is -0.341 e. The Kier molecular flexibility index (Phi) is 5.75. The lowest BCUT2D eigenvalue weighted by atomic mass is 9.97. The maximum atomic E-state index is 12.7. The third-order valence-corrected chi connectivity index (χ3v) is 5.61. The summed E-state index contributed by atoms with van der Waals surface area (Å²) in [5, 5.41) is 6.07. The molecule has 24 heavy (non-hydrogen) atoms. The molecule has 1 spiro atoms. The highest BCUT2D eigenvalue weighted by atomic mass is 35.5. The minimum absolute atomic E-state index is 0. The van der Waals surface area contributed by atoms with Crippen LogP contribution < -0.4 is 10.6 Å². The van der Waals surface area contributed by atoms with Crippen molar-refractivity contribution in [3.8, 4) is 0 Å². The lowest BCUT2D eigenvalue weighted by molar-refractivity contribution is -0.143. The molecular weight excluding hydrogens is 332 g/mol. The maximum absolute atomic E-state index is 12.7. The number of nitrogens with zero attached hydrogens (tertiary/aromatic N) is 2. The van der Waals surface area contributed by atoms with E-state index in [0.29, 0.717) is 32.0 Å². The molecule has 3 rings (SSSR count). The van der Waals surface area contributed by atoms with Crippen LogP contribution in [0.1, 0.15) is 45.4 Å². The fraction of sp³-hybridized carbons (Fsp3) is 0.812. The van der Waals surface area contributed by atoms with Crippen molar-refractivity contribution in [2.75, 3.05) is 20.1 Å². The second-order valence-corrected chi connectivity index (χ2v) is 6.96. The van der Waals surface area contributed by atoms with Gasteiger partial charge in [-0.05, 0) is 39.7 Å². The number of halogens is 1. The molecule has 0 aromatic heterocycles. The van der Waals surface area contributed by atoms with Crippen molar-refractivity contribution in [1.29, 1.82) is 0 Å². The molecule has 2 saturated heterocycles. The molecule has 1 unspecified atom stereocenters. The van der Waals surface area contributed by atoms with Gasteiger partial charge in [0, 0.05) is 19.1 Å². The van der Waals surface area contributed by atoms with Gasteiger partial charge in [0.2, 0.25) is 5.91 Å². The van der Waals surface area contributed by atoms with Crippen molar-refractivity contribution in [3.63, 3.8) is 0 Å². The number of amides is 4. The van der Waals surface area contributed by atoms with Gasteiger partial charge < -0.3 is 15.5 Å². The Hall–Kier alpha value is -1.34. The van der Waals surface area contributed by atoms with Crippen LogP contribution in [0.3, 0.4) is 0 Å². The van der Waals surface area contributed by atoms with Crippen LogP contribution in [0.2, 0.25) is 0 Å². The largest absolute Gasteiger partial charge is 0.341 e. The zero-order chi connectivity index (χ0) is 16.6. The lowest BCUT2D eigenvalue weighted by Gasteiger charge is -2.35. The SMILES string of the molecule is CNC1CCN(C(=O)C(C)N2C(=O)NC3(CCCC3)C2=O)CC1.Cl. The number of likely N-dealkylation sites (tertiary alicyclic amines) is 1. The number of carbonyl (C=O) groups is 3. The average Bonchev–Trinajstić information content (AvgIpc) is 3.12. The summed E-state index contributed by atoms with van der Waals surface area (Å²) in [6.45, 7) is 3.00. The average molecular weight is 359 g/mol. The maximum Gasteiger partial charge on any atom is 0.325 e. The molecule has 7 nitrogen and oxygen atoms in total. The summed E-state index contributed by atoms with van der Waals surface area (Å²) in [4.78, 5) is 40.6. The van der Waals surface area contributed by atoms with Crippen LogP contribution in [0, 0.1) is 0 Å². The number of hydrogen-bond acceptors (Lipinski definition) is 4. The third kappa shape index (κ3) is 3.11. The zero-order valence-electron chi connectivity index (χ0n) is 14.3. The zero-order valence-corrected chi connectivity index (χ0v) is 15.2. The van der Waals surface area contributed by atoms with Gasteiger partial charge in [-0.25, -0.2) is 9.69 Å². The van der Waals surface area contributed by atoms with E-state index < -0.39 is 17.6 Å². The highest BCUT2D eigenvalue weighted by molar-refractivity contribution is 6.09. The van der Waals surface area contributed by atoms with E-state index in [4.69, 9.17) is 0 Å². The van der Waals surface area contributed by atoms with Gasteiger partial charge in [-0.1, -0.05) is 12.8 Å². The molecule has 0 aromatic rings. The molecule has 8 heteroatoms. The summed E-state index contributed by atoms with van der Waals surface area (Å²) < 4.78 is 0. The molecule has 2 aliphatic heterocycles. The summed E-state index contributed by atoms with van der Waals surface area (Å²) in [5.74, 6) is -0.343. The van der Waals surface area contributed by atoms with E-state index in [1.807, 2.05) is 7.05 Å². The smallest absolute Gasteiger partial charge is 0.325 e. The van der Waals surface area contributed by atoms with E-state index in [0.717, 1.165) is 30.6 Å². The normalized spacial score (nSPS) is 24.9. The summed E-state index contributed by atoms with van der Waals surface area (Å²) >= 11 is 0. The van der Waals surface area contributed by atoms with Crippen LogP contribution in [-0.4, -0.2) is 65.4 Å². The number of piperidine rings is 1. The first-order valence-electron chi connectivity index (χ1n) is 8.60. The highest BCUT2D eigenvalue weighted by Gasteiger charge is 2.54. The van der Waals surface area contributed by atoms with Crippen molar-refractivity contribution >= 4 is 30.3 Å². The summed E-state index contributed by atoms with van der Waals surface area (Å²) in [6, 6.07) is -0.704. The fourth-order valence-corrected chi connectivity index (χ4v) is 4.07. The van der Waals surface area contributed by atoms with Crippen molar-refractivity contribution in [3.05, 3.63) is 0 Å². The van der Waals surface area contributed by atoms with Crippen LogP contribution in [0.15, 0.2) is 0 Å². The van der Waals surface area contributed by atoms with Crippen molar-refractivity contribution in [1.82, 2.24) is 20.4 Å². The van der Waals surface area contributed by atoms with Crippen LogP contribution in [-0.2, 0) is 9.59 Å². The Morgan fingerprint density at radius 1 is 1.25 bits per heavy atom. The van der Waals surface area contributed by atoms with Gasteiger partial charge in [0.25, 0.3) is 5.91 Å². The van der Waals surface area contributed by atoms with E-state index in [1.165, 1.54) is 0 Å². The quantitative estimate of drug-likeness (QED) is 0.733. The van der Waals surface area contributed by atoms with E-state index in [1.54, 1.807) is 11.8 Å². The number of hydrogen-bond donors (Lipinski definition) is 2. The number of carbonyl (C=O) groups excluding carboxylic acids is 3. The van der Waals surface area contributed by atoms with Gasteiger partial charge in [0.05, 0.1) is 0 Å². The van der Waals surface area contributed by atoms with E-state index >= 15 is 0 Å². The molecule has 1 atom stereocenters. The standard InChI is InChI=1S/C16H26N4O3.ClH/c1-11(13(21)19-9-5-12(17-2)6-10-19)20-14(22)16(18-15(20)23)7-3-4-8-16;/h11-12,17H,3-10H2,1-2H3,(H,18,23);1H. The topological polar surface area (TPSA) is 81.8 Å². The Bertz CT molecular complexity index is 513. The Morgan fingerprint density at radius 3 is 2.38 bits per heavy atom. The molecule has 3 fully saturated rings. The lowest BCUT2D eigenvalue weighted by Crippen LogP contribution is -2.53. The molecule has 2 N–H and O–H groups in total. The molecule has 1 aliphatic carbocycles. The summed E-state index contributed by atoms with van der Waals surface area (Å²) in [7, 11) is 1.93. The monoisotopic (exact) mass is 358 g/mol. The molecule has 0 bridgehead atoms. The molecule has 0 radical (unpaired) electrons. The number of urea groups is 1. The molecule has 136 valence electrons. The summed E-state index contributed by atoms with van der Waals surface area (Å²) in [6.07, 6.45) is 5.06. The van der Waals surface area contributed by atoms with E-state index in [-0.39, 0.29) is 24.2 Å². The van der Waals surface area contributed by atoms with Gasteiger partial charge in [-0.2, -0.15) is 0 Å². The van der Waals surface area contributed by atoms with Crippen LogP contribution >= 0.6 is 12.4 Å². The number of nitrogens with one attached hydrogen (secondary N) is 2. The molecule has 0 aromatic carbocycles. The minimum atomic E-state index is -0.745. The van der Waals surface area contributed by atoms with Crippen molar-refractivity contribution < 1.29 is 14.4 Å². The second-order valence-electron chi connectivity index (χ2n) is 6.96. The van der Waals surface area contributed by atoms with Gasteiger partial charge in [-0.15, -0.1) is 12.4 Å². The van der Waals surface area contributed by atoms with Crippen molar-refractivity contribution in [2.45, 2.75) is 63.1 Å². The second kappa shape index (κ2) is 7.27. The van der Waals surface area contributed by atoms with Crippen molar-refractivity contribution in [2.24, 2.45) is 0 Å². The molecular formula is C16H27ClN4O3. The molecule has 2 heterocycles. The Labute approximate surface area is 148 Å². The van der Waals surface area contributed by atoms with E-state index in [2.05, 4.69) is 10.6 Å². The predicted molar refractivity (Wildman–Crippen MR) is 91.9 cm³/mol. The van der Waals surface area contributed by atoms with Gasteiger partial charge in [0.15, 0.2) is 0 Å². The van der Waals surface area contributed by atoms with Gasteiger partial charge >= 0.3 is 6.03 Å². The summed E-state index contributed by atoms with van der Waals surface area (Å²) in [5.41, 5.74) is -0.745.